The average molecular weight is 294 g/mol. The summed E-state index contributed by atoms with van der Waals surface area (Å²) in [6.07, 6.45) is 1.53. The predicted molar refractivity (Wildman–Crippen MR) is 85.4 cm³/mol. The van der Waals surface area contributed by atoms with Crippen molar-refractivity contribution in [2.24, 2.45) is 0 Å². The number of fused-ring (bicyclic) bond motifs is 1. The first-order valence-corrected chi connectivity index (χ1v) is 7.45. The van der Waals surface area contributed by atoms with Crippen molar-refractivity contribution >= 4 is 16.9 Å². The van der Waals surface area contributed by atoms with Gasteiger partial charge in [0, 0.05) is 5.56 Å². The van der Waals surface area contributed by atoms with Gasteiger partial charge in [0.25, 0.3) is 5.91 Å². The smallest absolute Gasteiger partial charge is 0.252 e. The molecule has 0 aliphatic carbocycles. The van der Waals surface area contributed by atoms with Crippen LogP contribution >= 0.6 is 0 Å². The van der Waals surface area contributed by atoms with Gasteiger partial charge in [-0.25, -0.2) is 4.68 Å². The van der Waals surface area contributed by atoms with Gasteiger partial charge in [-0.05, 0) is 30.7 Å². The van der Waals surface area contributed by atoms with E-state index in [1.807, 2.05) is 42.5 Å². The van der Waals surface area contributed by atoms with E-state index < -0.39 is 0 Å². The molecule has 22 heavy (non-hydrogen) atoms. The number of hydrogen-bond donors (Lipinski definition) is 1. The molecule has 0 saturated heterocycles. The number of benzene rings is 2. The second-order valence-electron chi connectivity index (χ2n) is 5.17. The van der Waals surface area contributed by atoms with E-state index >= 15 is 0 Å². The summed E-state index contributed by atoms with van der Waals surface area (Å²) in [4.78, 5) is 12.4. The van der Waals surface area contributed by atoms with Crippen LogP contribution in [0.1, 0.15) is 36.3 Å². The Morgan fingerprint density at radius 2 is 1.86 bits per heavy atom. The molecule has 0 unspecified atom stereocenters. The molecular weight excluding hydrogens is 276 g/mol. The second-order valence-corrected chi connectivity index (χ2v) is 5.17. The normalized spacial score (nSPS) is 12.2. The van der Waals surface area contributed by atoms with E-state index in [-0.39, 0.29) is 12.1 Å². The lowest BCUT2D eigenvalue weighted by Gasteiger charge is -2.19. The zero-order chi connectivity index (χ0) is 15.4. The number of carbonyl (C=O) groups excluding carboxylic acids is 1. The van der Waals surface area contributed by atoms with Crippen LogP contribution in [0.4, 0.5) is 0 Å². The van der Waals surface area contributed by atoms with E-state index in [4.69, 9.17) is 0 Å². The van der Waals surface area contributed by atoms with Crippen molar-refractivity contribution in [3.8, 4) is 0 Å². The van der Waals surface area contributed by atoms with E-state index in [0.29, 0.717) is 5.56 Å². The first kappa shape index (κ1) is 14.3. The van der Waals surface area contributed by atoms with Crippen molar-refractivity contribution in [3.05, 3.63) is 60.2 Å². The molecule has 1 amide bonds. The zero-order valence-electron chi connectivity index (χ0n) is 12.4. The molecule has 0 spiro atoms. The van der Waals surface area contributed by atoms with Gasteiger partial charge >= 0.3 is 0 Å². The molecular formula is C17H18N4O. The van der Waals surface area contributed by atoms with Crippen LogP contribution in [0.25, 0.3) is 11.0 Å². The number of nitrogens with one attached hydrogen (secondary N) is 1. The Labute approximate surface area is 129 Å². The number of nitrogens with zero attached hydrogens (tertiary/aromatic N) is 3. The average Bonchev–Trinajstić information content (AvgIpc) is 2.99. The van der Waals surface area contributed by atoms with Crippen LogP contribution in [0, 0.1) is 0 Å². The molecule has 1 atom stereocenters. The first-order valence-electron chi connectivity index (χ1n) is 7.45. The van der Waals surface area contributed by atoms with Crippen molar-refractivity contribution in [2.45, 2.75) is 25.9 Å². The van der Waals surface area contributed by atoms with Crippen LogP contribution in [0.5, 0.6) is 0 Å². The maximum Gasteiger partial charge on any atom is 0.252 e. The minimum Gasteiger partial charge on any atom is -0.330 e. The maximum absolute atomic E-state index is 12.4. The van der Waals surface area contributed by atoms with Gasteiger partial charge in [0.05, 0.1) is 5.52 Å². The lowest BCUT2D eigenvalue weighted by Crippen LogP contribution is -2.33. The summed E-state index contributed by atoms with van der Waals surface area (Å²) in [5, 5.41) is 11.4. The highest BCUT2D eigenvalue weighted by molar-refractivity contribution is 5.94. The Bertz CT molecular complexity index is 766. The first-order chi connectivity index (χ1) is 10.8. The number of amides is 1. The van der Waals surface area contributed by atoms with Gasteiger partial charge < -0.3 is 5.32 Å². The molecule has 5 heteroatoms. The molecule has 0 radical (unpaired) electrons. The summed E-state index contributed by atoms with van der Waals surface area (Å²) in [6, 6.07) is 17.0. The van der Waals surface area contributed by atoms with Crippen LogP contribution in [0.3, 0.4) is 0 Å². The van der Waals surface area contributed by atoms with Crippen molar-refractivity contribution in [1.29, 1.82) is 0 Å². The molecule has 2 aromatic carbocycles. The molecule has 0 aliphatic rings. The topological polar surface area (TPSA) is 59.8 Å². The van der Waals surface area contributed by atoms with Crippen LogP contribution in [-0.2, 0) is 0 Å². The van der Waals surface area contributed by atoms with E-state index in [1.165, 1.54) is 0 Å². The summed E-state index contributed by atoms with van der Waals surface area (Å²) in [5.74, 6) is -0.0985. The van der Waals surface area contributed by atoms with Crippen molar-refractivity contribution in [3.63, 3.8) is 0 Å². The summed E-state index contributed by atoms with van der Waals surface area (Å²) < 4.78 is 1.79. The minimum absolute atomic E-state index is 0.0985. The predicted octanol–water partition coefficient (Wildman–Crippen LogP) is 3.16. The van der Waals surface area contributed by atoms with Crippen LogP contribution in [0.2, 0.25) is 0 Å². The Morgan fingerprint density at radius 3 is 2.64 bits per heavy atom. The second kappa shape index (κ2) is 6.39. The molecule has 112 valence electrons. The monoisotopic (exact) mass is 294 g/mol. The Hall–Kier alpha value is -2.69. The van der Waals surface area contributed by atoms with Gasteiger partial charge in [-0.1, -0.05) is 48.9 Å². The standard InChI is InChI=1S/C17H18N4O/c1-2-8-16(18-17(22)13-9-4-3-5-10-13)21-15-12-7-6-11-14(15)19-20-21/h3-7,9-12,16H,2,8H2,1H3,(H,18,22)/t16-/m0/s1. The van der Waals surface area contributed by atoms with Crippen LogP contribution in [-0.4, -0.2) is 20.9 Å². The minimum atomic E-state index is -0.204. The van der Waals surface area contributed by atoms with Gasteiger partial charge in [-0.3, -0.25) is 4.79 Å². The van der Waals surface area contributed by atoms with Gasteiger partial charge in [0.15, 0.2) is 0 Å². The maximum atomic E-state index is 12.4. The SMILES string of the molecule is CCC[C@@H](NC(=O)c1ccccc1)n1nnc2ccccc21. The lowest BCUT2D eigenvalue weighted by atomic mass is 10.2. The molecule has 1 heterocycles. The van der Waals surface area contributed by atoms with Crippen molar-refractivity contribution in [2.75, 3.05) is 0 Å². The van der Waals surface area contributed by atoms with Crippen LogP contribution < -0.4 is 5.32 Å². The molecule has 0 aliphatic heterocycles. The summed E-state index contributed by atoms with van der Waals surface area (Å²) in [6.45, 7) is 2.08. The lowest BCUT2D eigenvalue weighted by molar-refractivity contribution is 0.0913. The summed E-state index contributed by atoms with van der Waals surface area (Å²) in [5.41, 5.74) is 2.40. The molecule has 0 fully saturated rings. The molecule has 0 saturated carbocycles. The summed E-state index contributed by atoms with van der Waals surface area (Å²) >= 11 is 0. The number of para-hydroxylation sites is 1. The number of aromatic nitrogens is 3. The van der Waals surface area contributed by atoms with E-state index in [2.05, 4.69) is 22.6 Å². The van der Waals surface area contributed by atoms with Gasteiger partial charge in [0.1, 0.15) is 11.7 Å². The summed E-state index contributed by atoms with van der Waals surface area (Å²) in [7, 11) is 0. The highest BCUT2D eigenvalue weighted by Gasteiger charge is 2.17. The number of hydrogen-bond acceptors (Lipinski definition) is 3. The fraction of sp³-hybridized carbons (Fsp3) is 0.235. The third-order valence-electron chi connectivity index (χ3n) is 3.57. The molecule has 0 bridgehead atoms. The van der Waals surface area contributed by atoms with Crippen LogP contribution in [0.15, 0.2) is 54.6 Å². The molecule has 5 nitrogen and oxygen atoms in total. The van der Waals surface area contributed by atoms with Gasteiger partial charge in [-0.2, -0.15) is 0 Å². The molecule has 3 aromatic rings. The number of carbonyl (C=O) groups is 1. The van der Waals surface area contributed by atoms with E-state index in [0.717, 1.165) is 23.9 Å². The number of rotatable bonds is 5. The van der Waals surface area contributed by atoms with Gasteiger partial charge in [0.2, 0.25) is 0 Å². The van der Waals surface area contributed by atoms with Crippen molar-refractivity contribution in [1.82, 2.24) is 20.3 Å². The fourth-order valence-electron chi connectivity index (χ4n) is 2.47. The third-order valence-corrected chi connectivity index (χ3v) is 3.57. The largest absolute Gasteiger partial charge is 0.330 e. The highest BCUT2D eigenvalue weighted by Crippen LogP contribution is 2.18. The Morgan fingerprint density at radius 1 is 1.14 bits per heavy atom. The zero-order valence-corrected chi connectivity index (χ0v) is 12.4. The molecule has 1 aromatic heterocycles. The quantitative estimate of drug-likeness (QED) is 0.786. The Balaban J connectivity index is 1.88. The molecule has 1 N–H and O–H groups in total. The van der Waals surface area contributed by atoms with E-state index in [9.17, 15) is 4.79 Å². The highest BCUT2D eigenvalue weighted by atomic mass is 16.1. The van der Waals surface area contributed by atoms with Gasteiger partial charge in [-0.15, -0.1) is 5.10 Å². The van der Waals surface area contributed by atoms with Crippen molar-refractivity contribution < 1.29 is 4.79 Å². The molecule has 3 rings (SSSR count). The third kappa shape index (κ3) is 2.83. The van der Waals surface area contributed by atoms with E-state index in [1.54, 1.807) is 16.8 Å². The Kier molecular flexibility index (Phi) is 4.14. The fourth-order valence-corrected chi connectivity index (χ4v) is 2.47.